The van der Waals surface area contributed by atoms with E-state index in [4.69, 9.17) is 14.2 Å². The van der Waals surface area contributed by atoms with Crippen molar-refractivity contribution < 1.29 is 39.3 Å². The van der Waals surface area contributed by atoms with E-state index in [0.717, 1.165) is 24.4 Å². The van der Waals surface area contributed by atoms with Gasteiger partial charge in [-0.15, -0.1) is 0 Å². The normalized spacial score (nSPS) is 33.9. The smallest absolute Gasteiger partial charge is 0.229 e. The van der Waals surface area contributed by atoms with E-state index >= 15 is 0 Å². The molecule has 1 spiro atoms. The summed E-state index contributed by atoms with van der Waals surface area (Å²) in [6.07, 6.45) is 5.22. The molecule has 4 fully saturated rings. The molecule has 8 rings (SSSR count). The lowest BCUT2D eigenvalue weighted by molar-refractivity contribution is -0.916. The third-order valence-electron chi connectivity index (χ3n) is 10.0. The zero-order valence-electron chi connectivity index (χ0n) is 22.1. The second-order valence-electron chi connectivity index (χ2n) is 11.3. The molecule has 0 aromatic heterocycles. The Kier molecular flexibility index (Phi) is 6.21. The number of methoxy groups -OCH3 is 2. The summed E-state index contributed by atoms with van der Waals surface area (Å²) in [6, 6.07) is 13.1. The number of ether oxygens (including phenoxy) is 3. The summed E-state index contributed by atoms with van der Waals surface area (Å²) in [7, 11) is 3.37. The summed E-state index contributed by atoms with van der Waals surface area (Å²) in [5.74, 6) is 1.50. The van der Waals surface area contributed by atoms with Gasteiger partial charge in [-0.25, -0.2) is 0 Å². The number of hydrogen-bond donors (Lipinski definition) is 1. The molecule has 1 amide bonds. The Balaban J connectivity index is 0.000000239. The average molecular weight is 535 g/mol. The molecule has 5 aliphatic heterocycles. The average Bonchev–Trinajstić information content (AvgIpc) is 3.40. The van der Waals surface area contributed by atoms with Crippen LogP contribution in [-0.4, -0.2) is 69.5 Å². The summed E-state index contributed by atoms with van der Waals surface area (Å²) in [5.41, 5.74) is 4.18. The fourth-order valence-corrected chi connectivity index (χ4v) is 8.67. The number of amides is 1. The van der Waals surface area contributed by atoms with Crippen LogP contribution >= 0.6 is 0 Å². The maximum absolute atomic E-state index is 13.5. The van der Waals surface area contributed by atoms with Crippen LogP contribution in [0.25, 0.3) is 0 Å². The molecule has 1 unspecified atom stereocenters. The molecule has 206 valence electrons. The lowest BCUT2D eigenvalue weighted by Gasteiger charge is -2.56. The quantitative estimate of drug-likeness (QED) is 0.550. The molecule has 2 aromatic rings. The van der Waals surface area contributed by atoms with Crippen molar-refractivity contribution >= 4 is 17.6 Å². The van der Waals surface area contributed by atoms with Crippen molar-refractivity contribution in [3.8, 4) is 11.5 Å². The number of hydrogen-bond acceptors (Lipinski definition) is 6. The number of carboxylic acid groups (broad SMARTS) is 1. The van der Waals surface area contributed by atoms with E-state index in [1.54, 1.807) is 42.9 Å². The molecule has 9 nitrogen and oxygen atoms in total. The maximum Gasteiger partial charge on any atom is 0.229 e. The van der Waals surface area contributed by atoms with Gasteiger partial charge in [0.05, 0.1) is 69.6 Å². The van der Waals surface area contributed by atoms with E-state index in [1.165, 1.54) is 30.7 Å². The van der Waals surface area contributed by atoms with Crippen LogP contribution in [0.5, 0.6) is 11.5 Å². The van der Waals surface area contributed by atoms with Gasteiger partial charge in [0, 0.05) is 24.8 Å². The SMILES string of the molecule is COc1cc2c(cc1OC)[C@@]13CC[NH+]4CC5=CCO[C@H]6CC(=O)N2[C@H]1[C@H]6[C@H]5C[C@H]43.O.O=C([O-])c1ccccc1. The molecule has 2 aromatic carbocycles. The number of nitrogens with zero attached hydrogens (tertiary/aromatic N) is 1. The summed E-state index contributed by atoms with van der Waals surface area (Å²) in [4.78, 5) is 27.4. The first-order valence-electron chi connectivity index (χ1n) is 13.5. The number of quaternary nitrogens is 1. The third-order valence-corrected chi connectivity index (χ3v) is 10.0. The molecular weight excluding hydrogens is 500 g/mol. The van der Waals surface area contributed by atoms with Gasteiger partial charge in [0.2, 0.25) is 5.91 Å². The molecule has 3 saturated heterocycles. The van der Waals surface area contributed by atoms with Gasteiger partial charge in [-0.05, 0) is 28.7 Å². The molecule has 9 heteroatoms. The zero-order chi connectivity index (χ0) is 26.2. The number of rotatable bonds is 3. The zero-order valence-corrected chi connectivity index (χ0v) is 22.1. The molecule has 1 saturated carbocycles. The van der Waals surface area contributed by atoms with Gasteiger partial charge in [-0.3, -0.25) is 4.79 Å². The Morgan fingerprint density at radius 3 is 2.59 bits per heavy atom. The molecule has 6 aliphatic rings. The van der Waals surface area contributed by atoms with Gasteiger partial charge < -0.3 is 39.4 Å². The van der Waals surface area contributed by atoms with Crippen molar-refractivity contribution in [2.75, 3.05) is 38.8 Å². The van der Waals surface area contributed by atoms with Gasteiger partial charge >= 0.3 is 0 Å². The van der Waals surface area contributed by atoms with Crippen molar-refractivity contribution in [3.63, 3.8) is 0 Å². The number of piperidine rings is 2. The fraction of sp³-hybridized carbons (Fsp3) is 0.467. The monoisotopic (exact) mass is 534 g/mol. The van der Waals surface area contributed by atoms with Gasteiger partial charge in [0.25, 0.3) is 0 Å². The number of aromatic carboxylic acids is 1. The predicted octanol–water partition coefficient (Wildman–Crippen LogP) is -0.0820. The van der Waals surface area contributed by atoms with Gasteiger partial charge in [0.1, 0.15) is 6.04 Å². The predicted molar refractivity (Wildman–Crippen MR) is 140 cm³/mol. The van der Waals surface area contributed by atoms with Crippen LogP contribution in [0, 0.1) is 11.8 Å². The molecule has 39 heavy (non-hydrogen) atoms. The van der Waals surface area contributed by atoms with Gasteiger partial charge in [0.15, 0.2) is 11.5 Å². The van der Waals surface area contributed by atoms with Crippen LogP contribution in [0.2, 0.25) is 0 Å². The third kappa shape index (κ3) is 3.49. The Hall–Kier alpha value is -3.40. The largest absolute Gasteiger partial charge is 0.545 e. The highest BCUT2D eigenvalue weighted by Gasteiger charge is 2.73. The van der Waals surface area contributed by atoms with E-state index in [-0.39, 0.29) is 34.5 Å². The molecule has 3 N–H and O–H groups in total. The van der Waals surface area contributed by atoms with Crippen molar-refractivity contribution in [2.45, 2.75) is 42.9 Å². The minimum Gasteiger partial charge on any atom is -0.545 e. The first-order valence-corrected chi connectivity index (χ1v) is 13.5. The van der Waals surface area contributed by atoms with Crippen LogP contribution in [-0.2, 0) is 14.9 Å². The second kappa shape index (κ2) is 9.36. The lowest BCUT2D eigenvalue weighted by Crippen LogP contribution is -3.16. The van der Waals surface area contributed by atoms with Crippen LogP contribution < -0.4 is 24.4 Å². The minimum atomic E-state index is -1.13. The van der Waals surface area contributed by atoms with Crippen LogP contribution in [0.1, 0.15) is 35.2 Å². The Morgan fingerprint density at radius 1 is 1.15 bits per heavy atom. The highest BCUT2D eigenvalue weighted by molar-refractivity contribution is 5.99. The van der Waals surface area contributed by atoms with E-state index < -0.39 is 5.97 Å². The molecule has 0 radical (unpaired) electrons. The molecule has 1 aliphatic carbocycles. The Labute approximate surface area is 227 Å². The number of benzene rings is 2. The molecular formula is C30H34N2O7. The standard InChI is InChI=1S/C23H26N2O4.C7H6O2.H2O/c1-27-16-8-14-15(9-17(16)28-2)25-20(26)10-18-21-13-7-19-23(14,22(21)25)4-5-24(19)11-12(13)3-6-29-18;8-7(9)6-4-2-1-3-5-6;/h3,8-9,13,18-19,21-22H,4-7,10-11H2,1-2H3;1-5H,(H,8,9);1H2/t13-,18-,19-,21-,22-,23+;;/m0../s1. The topological polar surface area (TPSA) is 124 Å². The fourth-order valence-electron chi connectivity index (χ4n) is 8.67. The summed E-state index contributed by atoms with van der Waals surface area (Å²) >= 11 is 0. The molecule has 2 bridgehead atoms. The van der Waals surface area contributed by atoms with Crippen LogP contribution in [0.4, 0.5) is 5.69 Å². The van der Waals surface area contributed by atoms with Gasteiger partial charge in [-0.1, -0.05) is 36.4 Å². The minimum absolute atomic E-state index is 0. The molecule has 5 heterocycles. The Morgan fingerprint density at radius 2 is 1.90 bits per heavy atom. The van der Waals surface area contributed by atoms with Crippen molar-refractivity contribution in [3.05, 3.63) is 65.2 Å². The first-order chi connectivity index (χ1) is 18.5. The number of fused-ring (bicyclic) bond motifs is 2. The maximum atomic E-state index is 13.5. The van der Waals surface area contributed by atoms with Crippen molar-refractivity contribution in [1.29, 1.82) is 0 Å². The van der Waals surface area contributed by atoms with E-state index in [9.17, 15) is 14.7 Å². The molecule has 7 atom stereocenters. The number of carbonyl (C=O) groups is 2. The number of carboxylic acids is 1. The first kappa shape index (κ1) is 25.9. The van der Waals surface area contributed by atoms with Crippen molar-refractivity contribution in [1.82, 2.24) is 0 Å². The number of anilines is 1. The van der Waals surface area contributed by atoms with Crippen LogP contribution in [0.3, 0.4) is 0 Å². The summed E-state index contributed by atoms with van der Waals surface area (Å²) in [6.45, 7) is 2.98. The van der Waals surface area contributed by atoms with Gasteiger partial charge in [-0.2, -0.15) is 0 Å². The second-order valence-corrected chi connectivity index (χ2v) is 11.3. The lowest BCUT2D eigenvalue weighted by atomic mass is 9.53. The Bertz CT molecular complexity index is 1340. The number of carbonyl (C=O) groups excluding carboxylic acids is 2. The highest BCUT2D eigenvalue weighted by atomic mass is 16.5. The van der Waals surface area contributed by atoms with Crippen molar-refractivity contribution in [2.24, 2.45) is 11.8 Å². The number of nitrogens with one attached hydrogen (secondary N) is 1. The van der Waals surface area contributed by atoms with E-state index in [2.05, 4.69) is 23.1 Å². The summed E-state index contributed by atoms with van der Waals surface area (Å²) in [5, 5.41) is 10.1. The van der Waals surface area contributed by atoms with Crippen LogP contribution in [0.15, 0.2) is 54.1 Å². The van der Waals surface area contributed by atoms with E-state index in [0.29, 0.717) is 36.7 Å². The summed E-state index contributed by atoms with van der Waals surface area (Å²) < 4.78 is 17.6. The highest BCUT2D eigenvalue weighted by Crippen LogP contribution is 2.63. The van der Waals surface area contributed by atoms with E-state index in [1.807, 2.05) is 0 Å².